The number of para-hydroxylation sites is 1. The van der Waals surface area contributed by atoms with E-state index in [0.29, 0.717) is 38.9 Å². The zero-order valence-corrected chi connectivity index (χ0v) is 28.7. The van der Waals surface area contributed by atoms with E-state index in [1.165, 1.54) is 12.1 Å². The number of halogens is 1. The van der Waals surface area contributed by atoms with Crippen LogP contribution in [0.1, 0.15) is 99.0 Å². The van der Waals surface area contributed by atoms with Gasteiger partial charge in [0.2, 0.25) is 0 Å². The topological polar surface area (TPSA) is 118 Å². The first-order valence-electron chi connectivity index (χ1n) is 15.9. The summed E-state index contributed by atoms with van der Waals surface area (Å²) in [6.45, 7) is 11.6. The summed E-state index contributed by atoms with van der Waals surface area (Å²) in [5, 5.41) is 3.53. The minimum absolute atomic E-state index is 0.0305. The van der Waals surface area contributed by atoms with Crippen molar-refractivity contribution in [3.63, 3.8) is 0 Å². The predicted octanol–water partition coefficient (Wildman–Crippen LogP) is 9.07. The van der Waals surface area contributed by atoms with Crippen LogP contribution in [0, 0.1) is 5.82 Å². The molecular weight excluding hydrogens is 629 g/mol. The maximum Gasteiger partial charge on any atom is 0.408 e. The molecule has 0 aliphatic heterocycles. The van der Waals surface area contributed by atoms with Crippen molar-refractivity contribution < 1.29 is 26.9 Å². The second kappa shape index (κ2) is 14.2. The summed E-state index contributed by atoms with van der Waals surface area (Å²) in [5.41, 5.74) is 4.74. The highest BCUT2D eigenvalue weighted by Crippen LogP contribution is 2.45. The van der Waals surface area contributed by atoms with Crippen LogP contribution >= 0.6 is 0 Å². The molecule has 0 aliphatic rings. The van der Waals surface area contributed by atoms with E-state index >= 15 is 0 Å². The summed E-state index contributed by atoms with van der Waals surface area (Å²) in [7, 11) is -4.65. The van der Waals surface area contributed by atoms with E-state index in [9.17, 15) is 22.2 Å². The molecule has 0 fully saturated rings. The zero-order chi connectivity index (χ0) is 34.7. The fourth-order valence-corrected chi connectivity index (χ4v) is 7.17. The summed E-state index contributed by atoms with van der Waals surface area (Å²) in [6.07, 6.45) is -0.729. The Morgan fingerprint density at radius 1 is 0.833 bits per heavy atom. The molecule has 48 heavy (non-hydrogen) atoms. The maximum absolute atomic E-state index is 14.1. The van der Waals surface area contributed by atoms with Crippen molar-refractivity contribution in [1.82, 2.24) is 15.3 Å². The number of alkyl carbamates (subject to hydrolysis) is 1. The molecule has 0 saturated carbocycles. The summed E-state index contributed by atoms with van der Waals surface area (Å²) in [5.74, 6) is -0.836. The number of hydrogen-bond donors (Lipinski definition) is 2. The molecule has 0 saturated heterocycles. The van der Waals surface area contributed by atoms with Gasteiger partial charge >= 0.3 is 6.09 Å². The number of carbonyl (C=O) groups is 1. The van der Waals surface area contributed by atoms with Crippen molar-refractivity contribution in [1.29, 1.82) is 0 Å². The molecule has 1 amide bonds. The average Bonchev–Trinajstić information content (AvgIpc) is 3.05. The first-order valence-corrected chi connectivity index (χ1v) is 17.4. The molecule has 250 valence electrons. The number of ether oxygens (including phenoxy) is 1. The number of amides is 1. The molecule has 0 aliphatic carbocycles. The van der Waals surface area contributed by atoms with Gasteiger partial charge in [-0.05, 0) is 63.8 Å². The van der Waals surface area contributed by atoms with Crippen molar-refractivity contribution in [2.75, 3.05) is 0 Å². The van der Waals surface area contributed by atoms with Crippen LogP contribution in [0.5, 0.6) is 0 Å². The molecule has 1 unspecified atom stereocenters. The predicted molar refractivity (Wildman–Crippen MR) is 185 cm³/mol. The van der Waals surface area contributed by atoms with Gasteiger partial charge < -0.3 is 10.1 Å². The highest BCUT2D eigenvalue weighted by molar-refractivity contribution is 7.86. The number of nitrogens with one attached hydrogen (secondary N) is 1. The SMILES string of the molecule is CC(C)c1cc(C(C)C)c(S(=O)(=O)O)c(C(C)C)c1-c1nc(C(NC(=O)OCc2ccccc2)c2ccc(F)cc2)nc2ccccc12. The minimum atomic E-state index is -4.65. The Kier molecular flexibility index (Phi) is 10.3. The van der Waals surface area contributed by atoms with Crippen molar-refractivity contribution in [2.45, 2.75) is 76.8 Å². The van der Waals surface area contributed by atoms with Crippen LogP contribution < -0.4 is 5.32 Å². The van der Waals surface area contributed by atoms with E-state index in [0.717, 1.165) is 11.1 Å². The number of nitrogens with zero attached hydrogens (tertiary/aromatic N) is 2. The summed E-state index contributed by atoms with van der Waals surface area (Å²) in [6, 6.07) is 23.2. The Bertz CT molecular complexity index is 2050. The monoisotopic (exact) mass is 669 g/mol. The van der Waals surface area contributed by atoms with Crippen LogP contribution in [0.15, 0.2) is 89.8 Å². The largest absolute Gasteiger partial charge is 0.445 e. The molecule has 4 aromatic carbocycles. The molecule has 2 N–H and O–H groups in total. The van der Waals surface area contributed by atoms with E-state index in [1.54, 1.807) is 12.1 Å². The number of fused-ring (bicyclic) bond motifs is 1. The Balaban J connectivity index is 1.78. The van der Waals surface area contributed by atoms with Gasteiger partial charge in [0, 0.05) is 10.9 Å². The molecule has 0 radical (unpaired) electrons. The number of benzene rings is 4. The van der Waals surface area contributed by atoms with Crippen molar-refractivity contribution in [2.24, 2.45) is 0 Å². The second-order valence-electron chi connectivity index (χ2n) is 12.8. The maximum atomic E-state index is 14.1. The van der Waals surface area contributed by atoms with E-state index in [-0.39, 0.29) is 35.1 Å². The summed E-state index contributed by atoms with van der Waals surface area (Å²) >= 11 is 0. The quantitative estimate of drug-likeness (QED) is 0.142. The van der Waals surface area contributed by atoms with Gasteiger partial charge in [-0.15, -0.1) is 0 Å². The average molecular weight is 670 g/mol. The molecule has 1 atom stereocenters. The van der Waals surface area contributed by atoms with E-state index < -0.39 is 28.1 Å². The molecule has 5 aromatic rings. The number of hydrogen-bond acceptors (Lipinski definition) is 6. The lowest BCUT2D eigenvalue weighted by Gasteiger charge is -2.27. The molecule has 0 bridgehead atoms. The standard InChI is InChI=1S/C38H40FN3O5S/c1-22(2)29-20-30(23(3)4)36(48(44,45)46)32(24(5)6)33(29)35-28-14-10-11-15-31(28)40-37(41-35)34(26-16-18-27(39)19-17-26)42-38(43)47-21-25-12-8-7-9-13-25/h7-20,22-24,34H,21H2,1-6H3,(H,42,43)(H,44,45,46). The van der Waals surface area contributed by atoms with Gasteiger partial charge in [0.15, 0.2) is 5.82 Å². The van der Waals surface area contributed by atoms with Crippen molar-refractivity contribution in [3.8, 4) is 11.3 Å². The van der Waals surface area contributed by atoms with Gasteiger partial charge in [0.25, 0.3) is 10.1 Å². The van der Waals surface area contributed by atoms with Crippen LogP contribution in [0.3, 0.4) is 0 Å². The number of rotatable bonds is 10. The fourth-order valence-electron chi connectivity index (χ4n) is 5.97. The molecule has 0 spiro atoms. The third kappa shape index (κ3) is 7.40. The number of aromatic nitrogens is 2. The Morgan fingerprint density at radius 3 is 2.06 bits per heavy atom. The van der Waals surface area contributed by atoms with Gasteiger partial charge in [-0.2, -0.15) is 8.42 Å². The van der Waals surface area contributed by atoms with Crippen LogP contribution in [-0.2, 0) is 21.5 Å². The first-order chi connectivity index (χ1) is 22.8. The summed E-state index contributed by atoms with van der Waals surface area (Å²) < 4.78 is 56.5. The van der Waals surface area contributed by atoms with Crippen LogP contribution in [0.2, 0.25) is 0 Å². The third-order valence-corrected chi connectivity index (χ3v) is 9.22. The zero-order valence-electron chi connectivity index (χ0n) is 27.9. The molecule has 10 heteroatoms. The van der Waals surface area contributed by atoms with Gasteiger partial charge in [0.05, 0.1) is 11.2 Å². The lowest BCUT2D eigenvalue weighted by atomic mass is 9.82. The fraction of sp³-hybridized carbons (Fsp3) is 0.289. The normalized spacial score (nSPS) is 12.6. The highest BCUT2D eigenvalue weighted by Gasteiger charge is 2.32. The molecule has 8 nitrogen and oxygen atoms in total. The second-order valence-corrected chi connectivity index (χ2v) is 14.1. The van der Waals surface area contributed by atoms with Gasteiger partial charge in [-0.1, -0.05) is 108 Å². The smallest absolute Gasteiger partial charge is 0.408 e. The molecule has 1 aromatic heterocycles. The summed E-state index contributed by atoms with van der Waals surface area (Å²) in [4.78, 5) is 23.1. The van der Waals surface area contributed by atoms with Gasteiger partial charge in [0.1, 0.15) is 23.4 Å². The van der Waals surface area contributed by atoms with Crippen molar-refractivity contribution in [3.05, 3.63) is 124 Å². The van der Waals surface area contributed by atoms with Crippen LogP contribution in [-0.4, -0.2) is 29.0 Å². The van der Waals surface area contributed by atoms with Crippen molar-refractivity contribution >= 4 is 27.1 Å². The third-order valence-electron chi connectivity index (χ3n) is 8.25. The van der Waals surface area contributed by atoms with Gasteiger partial charge in [-0.25, -0.2) is 19.2 Å². The number of carbonyl (C=O) groups excluding carboxylic acids is 1. The minimum Gasteiger partial charge on any atom is -0.445 e. The first kappa shape index (κ1) is 34.7. The van der Waals surface area contributed by atoms with E-state index in [4.69, 9.17) is 14.7 Å². The molecular formula is C38H40FN3O5S. The van der Waals surface area contributed by atoms with Crippen LogP contribution in [0.25, 0.3) is 22.2 Å². The van der Waals surface area contributed by atoms with E-state index in [2.05, 4.69) is 5.32 Å². The Labute approximate surface area is 281 Å². The molecule has 5 rings (SSSR count). The lowest BCUT2D eigenvalue weighted by molar-refractivity contribution is 0.137. The van der Waals surface area contributed by atoms with Crippen LogP contribution in [0.4, 0.5) is 9.18 Å². The molecule has 1 heterocycles. The lowest BCUT2D eigenvalue weighted by Crippen LogP contribution is -2.31. The highest BCUT2D eigenvalue weighted by atomic mass is 32.2. The Morgan fingerprint density at radius 2 is 1.46 bits per heavy atom. The van der Waals surface area contributed by atoms with E-state index in [1.807, 2.05) is 102 Å². The van der Waals surface area contributed by atoms with Gasteiger partial charge in [-0.3, -0.25) is 4.55 Å². The Hall–Kier alpha value is -4.67.